The SMILES string of the molecule is Cc1cc(N)ccc1NC(=O)C(C)N(CC1CC1)C(C)C. The highest BCUT2D eigenvalue weighted by atomic mass is 16.2. The maximum absolute atomic E-state index is 12.5. The minimum atomic E-state index is -0.123. The zero-order chi connectivity index (χ0) is 15.6. The summed E-state index contributed by atoms with van der Waals surface area (Å²) >= 11 is 0. The van der Waals surface area contributed by atoms with Gasteiger partial charge in [0.2, 0.25) is 5.91 Å². The van der Waals surface area contributed by atoms with Crippen molar-refractivity contribution in [3.8, 4) is 0 Å². The second-order valence-corrected chi connectivity index (χ2v) is 6.47. The van der Waals surface area contributed by atoms with Crippen molar-refractivity contribution >= 4 is 17.3 Å². The lowest BCUT2D eigenvalue weighted by Crippen LogP contribution is -2.46. The van der Waals surface area contributed by atoms with E-state index in [1.165, 1.54) is 12.8 Å². The zero-order valence-corrected chi connectivity index (χ0v) is 13.5. The number of amides is 1. The fraction of sp³-hybridized carbons (Fsp3) is 0.588. The van der Waals surface area contributed by atoms with E-state index in [0.717, 1.165) is 29.4 Å². The van der Waals surface area contributed by atoms with Crippen LogP contribution in [-0.4, -0.2) is 29.4 Å². The van der Waals surface area contributed by atoms with Crippen LogP contribution in [0.25, 0.3) is 0 Å². The summed E-state index contributed by atoms with van der Waals surface area (Å²) in [5.41, 5.74) is 8.30. The first-order valence-electron chi connectivity index (χ1n) is 7.81. The van der Waals surface area contributed by atoms with E-state index in [9.17, 15) is 4.79 Å². The Morgan fingerprint density at radius 1 is 1.38 bits per heavy atom. The fourth-order valence-corrected chi connectivity index (χ4v) is 2.63. The maximum Gasteiger partial charge on any atom is 0.241 e. The molecule has 1 fully saturated rings. The van der Waals surface area contributed by atoms with Crippen molar-refractivity contribution in [1.29, 1.82) is 0 Å². The topological polar surface area (TPSA) is 58.4 Å². The van der Waals surface area contributed by atoms with Crippen LogP contribution >= 0.6 is 0 Å². The van der Waals surface area contributed by atoms with Crippen LogP contribution in [0.1, 0.15) is 39.2 Å². The fourth-order valence-electron chi connectivity index (χ4n) is 2.63. The average molecular weight is 289 g/mol. The van der Waals surface area contributed by atoms with Crippen LogP contribution in [0.3, 0.4) is 0 Å². The predicted molar refractivity (Wildman–Crippen MR) is 88.2 cm³/mol. The molecule has 1 aliphatic rings. The Kier molecular flexibility index (Phi) is 4.88. The van der Waals surface area contributed by atoms with E-state index in [4.69, 9.17) is 5.73 Å². The monoisotopic (exact) mass is 289 g/mol. The van der Waals surface area contributed by atoms with Gasteiger partial charge >= 0.3 is 0 Å². The van der Waals surface area contributed by atoms with Crippen molar-refractivity contribution in [3.05, 3.63) is 23.8 Å². The van der Waals surface area contributed by atoms with Crippen LogP contribution in [0.15, 0.2) is 18.2 Å². The highest BCUT2D eigenvalue weighted by molar-refractivity contribution is 5.95. The zero-order valence-electron chi connectivity index (χ0n) is 13.5. The van der Waals surface area contributed by atoms with Gasteiger partial charge in [0.15, 0.2) is 0 Å². The van der Waals surface area contributed by atoms with Crippen LogP contribution in [0, 0.1) is 12.8 Å². The summed E-state index contributed by atoms with van der Waals surface area (Å²) in [6.07, 6.45) is 2.60. The molecule has 0 bridgehead atoms. The molecule has 1 aromatic rings. The third kappa shape index (κ3) is 4.21. The number of carbonyl (C=O) groups is 1. The quantitative estimate of drug-likeness (QED) is 0.791. The van der Waals surface area contributed by atoms with E-state index in [-0.39, 0.29) is 11.9 Å². The van der Waals surface area contributed by atoms with Crippen molar-refractivity contribution in [3.63, 3.8) is 0 Å². The first-order chi connectivity index (χ1) is 9.88. The molecule has 0 aliphatic heterocycles. The molecule has 0 saturated heterocycles. The molecule has 3 N–H and O–H groups in total. The second-order valence-electron chi connectivity index (χ2n) is 6.47. The van der Waals surface area contributed by atoms with Crippen LogP contribution < -0.4 is 11.1 Å². The van der Waals surface area contributed by atoms with Gasteiger partial charge in [-0.3, -0.25) is 9.69 Å². The molecule has 0 heterocycles. The smallest absolute Gasteiger partial charge is 0.241 e. The number of anilines is 2. The van der Waals surface area contributed by atoms with Gasteiger partial charge in [0.25, 0.3) is 0 Å². The molecule has 1 atom stereocenters. The molecule has 0 spiro atoms. The molecule has 116 valence electrons. The number of hydrogen-bond donors (Lipinski definition) is 2. The molecular weight excluding hydrogens is 262 g/mol. The van der Waals surface area contributed by atoms with Crippen LogP contribution in [0.2, 0.25) is 0 Å². The van der Waals surface area contributed by atoms with Crippen LogP contribution in [0.5, 0.6) is 0 Å². The standard InChI is InChI=1S/C17H27N3O/c1-11(2)20(10-14-5-6-14)13(4)17(21)19-16-8-7-15(18)9-12(16)3/h7-9,11,13-14H,5-6,10,18H2,1-4H3,(H,19,21). The Morgan fingerprint density at radius 2 is 2.05 bits per heavy atom. The molecule has 4 heteroatoms. The van der Waals surface area contributed by atoms with Crippen LogP contribution in [0.4, 0.5) is 11.4 Å². The third-order valence-electron chi connectivity index (χ3n) is 4.21. The van der Waals surface area contributed by atoms with Gasteiger partial charge in [-0.1, -0.05) is 0 Å². The number of carbonyl (C=O) groups excluding carboxylic acids is 1. The maximum atomic E-state index is 12.5. The van der Waals surface area contributed by atoms with Gasteiger partial charge in [-0.25, -0.2) is 0 Å². The Labute approximate surface area is 127 Å². The van der Waals surface area contributed by atoms with Gasteiger partial charge < -0.3 is 11.1 Å². The number of rotatable bonds is 6. The summed E-state index contributed by atoms with van der Waals surface area (Å²) in [6, 6.07) is 5.82. The molecular formula is C17H27N3O. The first kappa shape index (κ1) is 15.8. The highest BCUT2D eigenvalue weighted by Gasteiger charge is 2.30. The number of nitrogen functional groups attached to an aromatic ring is 1. The van der Waals surface area contributed by atoms with Gasteiger partial charge in [0, 0.05) is 24.0 Å². The number of benzene rings is 1. The lowest BCUT2D eigenvalue weighted by atomic mass is 10.1. The molecule has 1 aromatic carbocycles. The molecule has 21 heavy (non-hydrogen) atoms. The third-order valence-corrected chi connectivity index (χ3v) is 4.21. The van der Waals surface area contributed by atoms with E-state index in [0.29, 0.717) is 6.04 Å². The summed E-state index contributed by atoms with van der Waals surface area (Å²) in [5, 5.41) is 3.03. The van der Waals surface area contributed by atoms with Gasteiger partial charge in [-0.15, -0.1) is 0 Å². The van der Waals surface area contributed by atoms with E-state index >= 15 is 0 Å². The summed E-state index contributed by atoms with van der Waals surface area (Å²) in [7, 11) is 0. The minimum absolute atomic E-state index is 0.0530. The van der Waals surface area contributed by atoms with Crippen molar-refractivity contribution in [2.45, 2.75) is 52.6 Å². The molecule has 1 unspecified atom stereocenters. The van der Waals surface area contributed by atoms with Crippen molar-refractivity contribution < 1.29 is 4.79 Å². The molecule has 0 radical (unpaired) electrons. The normalized spacial score (nSPS) is 16.3. The molecule has 0 aromatic heterocycles. The van der Waals surface area contributed by atoms with Crippen molar-refractivity contribution in [1.82, 2.24) is 4.90 Å². The van der Waals surface area contributed by atoms with E-state index < -0.39 is 0 Å². The molecule has 1 amide bonds. The summed E-state index contributed by atoms with van der Waals surface area (Å²) in [6.45, 7) is 9.28. The average Bonchev–Trinajstić information content (AvgIpc) is 3.22. The number of nitrogens with two attached hydrogens (primary N) is 1. The minimum Gasteiger partial charge on any atom is -0.399 e. The van der Waals surface area contributed by atoms with Gasteiger partial charge in [-0.05, 0) is 70.2 Å². The first-order valence-corrected chi connectivity index (χ1v) is 7.81. The second kappa shape index (κ2) is 6.48. The number of nitrogens with zero attached hydrogens (tertiary/aromatic N) is 1. The lowest BCUT2D eigenvalue weighted by Gasteiger charge is -2.32. The Morgan fingerprint density at radius 3 is 2.57 bits per heavy atom. The van der Waals surface area contributed by atoms with E-state index in [1.807, 2.05) is 32.0 Å². The Bertz CT molecular complexity index is 509. The van der Waals surface area contributed by atoms with Crippen LogP contribution in [-0.2, 0) is 4.79 Å². The number of hydrogen-bond acceptors (Lipinski definition) is 3. The molecule has 2 rings (SSSR count). The highest BCUT2D eigenvalue weighted by Crippen LogP contribution is 2.31. The van der Waals surface area contributed by atoms with E-state index in [1.54, 1.807) is 0 Å². The Hall–Kier alpha value is -1.55. The largest absolute Gasteiger partial charge is 0.399 e. The van der Waals surface area contributed by atoms with E-state index in [2.05, 4.69) is 24.1 Å². The molecule has 1 aliphatic carbocycles. The van der Waals surface area contributed by atoms with Gasteiger partial charge in [0.05, 0.1) is 6.04 Å². The lowest BCUT2D eigenvalue weighted by molar-refractivity contribution is -0.121. The summed E-state index contributed by atoms with van der Waals surface area (Å²) in [4.78, 5) is 14.8. The van der Waals surface area contributed by atoms with Gasteiger partial charge in [-0.2, -0.15) is 0 Å². The summed E-state index contributed by atoms with van der Waals surface area (Å²) < 4.78 is 0. The molecule has 4 nitrogen and oxygen atoms in total. The number of aryl methyl sites for hydroxylation is 1. The summed E-state index contributed by atoms with van der Waals surface area (Å²) in [5.74, 6) is 0.832. The van der Waals surface area contributed by atoms with Crippen molar-refractivity contribution in [2.75, 3.05) is 17.6 Å². The van der Waals surface area contributed by atoms with Crippen molar-refractivity contribution in [2.24, 2.45) is 5.92 Å². The van der Waals surface area contributed by atoms with Gasteiger partial charge in [0.1, 0.15) is 0 Å². The predicted octanol–water partition coefficient (Wildman–Crippen LogP) is 3.02. The number of nitrogens with one attached hydrogen (secondary N) is 1. The Balaban J connectivity index is 2.03. The molecule has 1 saturated carbocycles.